The number of rotatable bonds is 7. The molecule has 0 radical (unpaired) electrons. The van der Waals surface area contributed by atoms with Crippen molar-refractivity contribution >= 4 is 5.69 Å². The Morgan fingerprint density at radius 2 is 1.58 bits per heavy atom. The summed E-state index contributed by atoms with van der Waals surface area (Å²) in [7, 11) is 0. The lowest BCUT2D eigenvalue weighted by molar-refractivity contribution is 0.664. The van der Waals surface area contributed by atoms with Crippen LogP contribution in [0.2, 0.25) is 0 Å². The summed E-state index contributed by atoms with van der Waals surface area (Å²) in [5.41, 5.74) is 6.44. The standard InChI is InChI=1S/C26H29N.2C2H6/c1-5-8-13-23-19-27(26(7-3)25(23)11-6-2)24-16-10-15-22(18-24)21-14-9-12-20(4)17-21;2*1-2/h5-7,9-12,14-19,25-26H,1,3,8,13H2,2,4H3;2*1-2H3/b11-6-;;/t25-,26?;;/m0../s1. The number of anilines is 1. The number of allylic oxidation sites excluding steroid dienone is 2. The van der Waals surface area contributed by atoms with Gasteiger partial charge >= 0.3 is 0 Å². The molecule has 0 fully saturated rings. The molecule has 0 saturated carbocycles. The molecule has 1 aliphatic rings. The van der Waals surface area contributed by atoms with Gasteiger partial charge in [0, 0.05) is 17.8 Å². The van der Waals surface area contributed by atoms with Gasteiger partial charge < -0.3 is 4.90 Å². The van der Waals surface area contributed by atoms with Crippen LogP contribution >= 0.6 is 0 Å². The van der Waals surface area contributed by atoms with Gasteiger partial charge in [0.25, 0.3) is 0 Å². The predicted molar refractivity (Wildman–Crippen MR) is 142 cm³/mol. The highest BCUT2D eigenvalue weighted by atomic mass is 15.2. The fourth-order valence-corrected chi connectivity index (χ4v) is 3.87. The monoisotopic (exact) mass is 415 g/mol. The molecule has 31 heavy (non-hydrogen) atoms. The maximum Gasteiger partial charge on any atom is 0.0614 e. The maximum absolute atomic E-state index is 4.13. The van der Waals surface area contributed by atoms with Crippen LogP contribution in [0.1, 0.15) is 53.0 Å². The van der Waals surface area contributed by atoms with E-state index in [0.717, 1.165) is 12.8 Å². The molecule has 1 nitrogen and oxygen atoms in total. The van der Waals surface area contributed by atoms with Gasteiger partial charge in [-0.1, -0.05) is 94.0 Å². The van der Waals surface area contributed by atoms with E-state index in [1.165, 1.54) is 28.0 Å². The Kier molecular flexibility index (Phi) is 12.1. The molecule has 166 valence electrons. The number of hydrogen-bond acceptors (Lipinski definition) is 1. The van der Waals surface area contributed by atoms with Gasteiger partial charge in [-0.25, -0.2) is 0 Å². The topological polar surface area (TPSA) is 3.24 Å². The van der Waals surface area contributed by atoms with Crippen molar-refractivity contribution < 1.29 is 0 Å². The summed E-state index contributed by atoms with van der Waals surface area (Å²) < 4.78 is 0. The van der Waals surface area contributed by atoms with Crippen LogP contribution in [0.15, 0.2) is 97.8 Å². The van der Waals surface area contributed by atoms with Gasteiger partial charge in [0.2, 0.25) is 0 Å². The molecular weight excluding hydrogens is 374 g/mol. The predicted octanol–water partition coefficient (Wildman–Crippen LogP) is 9.13. The van der Waals surface area contributed by atoms with Crippen LogP contribution in [0.25, 0.3) is 11.1 Å². The lowest BCUT2D eigenvalue weighted by Crippen LogP contribution is -2.29. The highest BCUT2D eigenvalue weighted by Crippen LogP contribution is 2.37. The van der Waals surface area contributed by atoms with E-state index in [1.54, 1.807) is 0 Å². The molecule has 1 heterocycles. The molecule has 2 atom stereocenters. The van der Waals surface area contributed by atoms with Crippen molar-refractivity contribution in [3.05, 3.63) is 103 Å². The largest absolute Gasteiger partial charge is 0.340 e. The molecule has 1 unspecified atom stereocenters. The second-order valence-electron chi connectivity index (χ2n) is 7.14. The third-order valence-electron chi connectivity index (χ3n) is 5.20. The quantitative estimate of drug-likeness (QED) is 0.407. The highest BCUT2D eigenvalue weighted by Gasteiger charge is 2.31. The van der Waals surface area contributed by atoms with Gasteiger partial charge in [0.15, 0.2) is 0 Å². The fourth-order valence-electron chi connectivity index (χ4n) is 3.87. The summed E-state index contributed by atoms with van der Waals surface area (Å²) in [6.45, 7) is 20.2. The Balaban J connectivity index is 0.00000113. The average molecular weight is 416 g/mol. The first-order valence-corrected chi connectivity index (χ1v) is 11.7. The van der Waals surface area contributed by atoms with Crippen LogP contribution < -0.4 is 4.90 Å². The Labute approximate surface area is 191 Å². The Bertz CT molecular complexity index is 871. The molecule has 0 aliphatic carbocycles. The van der Waals surface area contributed by atoms with Gasteiger partial charge in [-0.05, 0) is 55.5 Å². The molecule has 1 aliphatic heterocycles. The summed E-state index contributed by atoms with van der Waals surface area (Å²) in [6, 6.07) is 17.7. The van der Waals surface area contributed by atoms with Crippen LogP contribution in [0.3, 0.4) is 0 Å². The minimum Gasteiger partial charge on any atom is -0.340 e. The number of aryl methyl sites for hydroxylation is 1. The lowest BCUT2D eigenvalue weighted by Gasteiger charge is -2.27. The van der Waals surface area contributed by atoms with Crippen molar-refractivity contribution in [3.63, 3.8) is 0 Å². The number of benzene rings is 2. The van der Waals surface area contributed by atoms with E-state index in [4.69, 9.17) is 0 Å². The zero-order valence-corrected chi connectivity index (χ0v) is 20.4. The molecule has 0 saturated heterocycles. The maximum atomic E-state index is 4.13. The molecule has 2 aromatic carbocycles. The van der Waals surface area contributed by atoms with Crippen LogP contribution in [0.4, 0.5) is 5.69 Å². The SMILES string of the molecule is C=CCCC1=CN(c2cccc(-c3cccc(C)c3)c2)C(C=C)[C@H]1/C=C\C.CC.CC. The number of hydrogen-bond donors (Lipinski definition) is 0. The first kappa shape index (κ1) is 26.2. The smallest absolute Gasteiger partial charge is 0.0614 e. The van der Waals surface area contributed by atoms with Gasteiger partial charge in [-0.15, -0.1) is 13.2 Å². The Morgan fingerprint density at radius 3 is 2.16 bits per heavy atom. The van der Waals surface area contributed by atoms with Crippen molar-refractivity contribution in [2.24, 2.45) is 5.92 Å². The van der Waals surface area contributed by atoms with E-state index in [1.807, 2.05) is 33.8 Å². The molecule has 2 aromatic rings. The Hall–Kier alpha value is -2.80. The zero-order chi connectivity index (χ0) is 23.2. The highest BCUT2D eigenvalue weighted by molar-refractivity contribution is 5.70. The summed E-state index contributed by atoms with van der Waals surface area (Å²) in [6.07, 6.45) is 12.9. The van der Waals surface area contributed by atoms with E-state index in [2.05, 4.69) is 105 Å². The molecule has 1 heteroatoms. The van der Waals surface area contributed by atoms with E-state index in [-0.39, 0.29) is 6.04 Å². The molecule has 0 bridgehead atoms. The summed E-state index contributed by atoms with van der Waals surface area (Å²) in [5.74, 6) is 0.370. The van der Waals surface area contributed by atoms with Crippen LogP contribution in [0, 0.1) is 12.8 Å². The van der Waals surface area contributed by atoms with Gasteiger partial charge in [0.1, 0.15) is 0 Å². The third-order valence-corrected chi connectivity index (χ3v) is 5.20. The summed E-state index contributed by atoms with van der Waals surface area (Å²) >= 11 is 0. The lowest BCUT2D eigenvalue weighted by atomic mass is 9.91. The van der Waals surface area contributed by atoms with E-state index in [9.17, 15) is 0 Å². The van der Waals surface area contributed by atoms with Crippen molar-refractivity contribution in [1.29, 1.82) is 0 Å². The average Bonchev–Trinajstić information content (AvgIpc) is 3.18. The van der Waals surface area contributed by atoms with Gasteiger partial charge in [-0.3, -0.25) is 0 Å². The zero-order valence-electron chi connectivity index (χ0n) is 20.4. The first-order valence-electron chi connectivity index (χ1n) is 11.7. The van der Waals surface area contributed by atoms with Crippen molar-refractivity contribution in [2.45, 2.75) is 60.4 Å². The number of nitrogens with zero attached hydrogens (tertiary/aromatic N) is 1. The molecule has 0 spiro atoms. The van der Waals surface area contributed by atoms with Crippen LogP contribution in [-0.4, -0.2) is 6.04 Å². The molecule has 0 aromatic heterocycles. The normalized spacial score (nSPS) is 17.2. The van der Waals surface area contributed by atoms with Crippen molar-refractivity contribution in [2.75, 3.05) is 4.90 Å². The Morgan fingerprint density at radius 1 is 0.935 bits per heavy atom. The van der Waals surface area contributed by atoms with E-state index < -0.39 is 0 Å². The van der Waals surface area contributed by atoms with E-state index in [0.29, 0.717) is 5.92 Å². The van der Waals surface area contributed by atoms with Crippen molar-refractivity contribution in [3.8, 4) is 11.1 Å². The molecule has 0 N–H and O–H groups in total. The summed E-state index contributed by atoms with van der Waals surface area (Å²) in [4.78, 5) is 2.37. The fraction of sp³-hybridized carbons (Fsp3) is 0.333. The van der Waals surface area contributed by atoms with Crippen LogP contribution in [-0.2, 0) is 0 Å². The minimum atomic E-state index is 0.244. The second-order valence-corrected chi connectivity index (χ2v) is 7.14. The van der Waals surface area contributed by atoms with Crippen LogP contribution in [0.5, 0.6) is 0 Å². The minimum absolute atomic E-state index is 0.244. The molecule has 3 rings (SSSR count). The molecular formula is C30H41N. The van der Waals surface area contributed by atoms with E-state index >= 15 is 0 Å². The second kappa shape index (κ2) is 14.2. The summed E-state index contributed by atoms with van der Waals surface area (Å²) in [5, 5.41) is 0. The first-order chi connectivity index (χ1) is 15.2. The molecule has 0 amide bonds. The third kappa shape index (κ3) is 6.85. The van der Waals surface area contributed by atoms with Gasteiger partial charge in [0.05, 0.1) is 6.04 Å². The van der Waals surface area contributed by atoms with Crippen molar-refractivity contribution in [1.82, 2.24) is 0 Å². The van der Waals surface area contributed by atoms with Gasteiger partial charge in [-0.2, -0.15) is 0 Å².